The van der Waals surface area contributed by atoms with Gasteiger partial charge in [0.2, 0.25) is 0 Å². The van der Waals surface area contributed by atoms with Crippen molar-refractivity contribution in [1.29, 1.82) is 0 Å². The molecule has 1 aromatic carbocycles. The topological polar surface area (TPSA) is 80.0 Å². The summed E-state index contributed by atoms with van der Waals surface area (Å²) in [4.78, 5) is 15.9. The number of nitrogens with zero attached hydrogens (tertiary/aromatic N) is 3. The van der Waals surface area contributed by atoms with Crippen LogP contribution in [-0.2, 0) is 0 Å². The molecule has 1 aromatic heterocycles. The minimum atomic E-state index is -0.202. The summed E-state index contributed by atoms with van der Waals surface area (Å²) >= 11 is 0. The fraction of sp³-hybridized carbons (Fsp3) is 0.308. The van der Waals surface area contributed by atoms with Crippen LogP contribution in [0.1, 0.15) is 22.0 Å². The number of benzene rings is 1. The number of hydrogen-bond acceptors (Lipinski definition) is 4. The van der Waals surface area contributed by atoms with E-state index in [1.807, 2.05) is 26.0 Å². The van der Waals surface area contributed by atoms with E-state index in [1.165, 1.54) is 0 Å². The molecule has 19 heavy (non-hydrogen) atoms. The first-order valence-corrected chi connectivity index (χ1v) is 6.01. The Labute approximate surface area is 111 Å². The van der Waals surface area contributed by atoms with Gasteiger partial charge in [-0.15, -0.1) is 0 Å². The highest BCUT2D eigenvalue weighted by molar-refractivity contribution is 5.94. The van der Waals surface area contributed by atoms with Crippen LogP contribution in [0.2, 0.25) is 0 Å². The molecule has 0 aliphatic rings. The molecule has 0 spiro atoms. The number of aliphatic hydroxyl groups is 1. The third-order valence-corrected chi connectivity index (χ3v) is 2.65. The lowest BCUT2D eigenvalue weighted by molar-refractivity contribution is 0.0945. The summed E-state index contributed by atoms with van der Waals surface area (Å²) in [5, 5.41) is 15.5. The van der Waals surface area contributed by atoms with Gasteiger partial charge in [0, 0.05) is 12.1 Å². The van der Waals surface area contributed by atoms with Crippen molar-refractivity contribution in [2.45, 2.75) is 13.8 Å². The average Bonchev–Trinajstić information content (AvgIpc) is 2.75. The minimum Gasteiger partial charge on any atom is -0.395 e. The molecule has 2 rings (SSSR count). The van der Waals surface area contributed by atoms with Crippen LogP contribution in [0.25, 0.3) is 5.69 Å². The zero-order valence-electron chi connectivity index (χ0n) is 10.9. The van der Waals surface area contributed by atoms with E-state index in [0.717, 1.165) is 11.5 Å². The monoisotopic (exact) mass is 260 g/mol. The third-order valence-electron chi connectivity index (χ3n) is 2.65. The van der Waals surface area contributed by atoms with Crippen LogP contribution in [0.3, 0.4) is 0 Å². The van der Waals surface area contributed by atoms with Crippen LogP contribution in [0.5, 0.6) is 0 Å². The summed E-state index contributed by atoms with van der Waals surface area (Å²) in [6.07, 6.45) is 0. The van der Waals surface area contributed by atoms with Gasteiger partial charge in [-0.2, -0.15) is 5.10 Å². The molecular formula is C13H16N4O2. The highest BCUT2D eigenvalue weighted by Gasteiger charge is 2.07. The zero-order chi connectivity index (χ0) is 13.8. The highest BCUT2D eigenvalue weighted by Crippen LogP contribution is 2.11. The molecule has 6 nitrogen and oxygen atoms in total. The van der Waals surface area contributed by atoms with Gasteiger partial charge >= 0.3 is 0 Å². The Morgan fingerprint density at radius 2 is 2.00 bits per heavy atom. The molecular weight excluding hydrogens is 244 g/mol. The third kappa shape index (κ3) is 2.97. The van der Waals surface area contributed by atoms with Crippen LogP contribution in [-0.4, -0.2) is 38.9 Å². The van der Waals surface area contributed by atoms with Crippen LogP contribution in [0.4, 0.5) is 0 Å². The Balaban J connectivity index is 2.19. The van der Waals surface area contributed by atoms with Gasteiger partial charge < -0.3 is 10.4 Å². The van der Waals surface area contributed by atoms with E-state index in [1.54, 1.807) is 16.8 Å². The number of hydrogen-bond donors (Lipinski definition) is 2. The summed E-state index contributed by atoms with van der Waals surface area (Å²) in [5.41, 5.74) is 1.41. The van der Waals surface area contributed by atoms with E-state index in [9.17, 15) is 4.79 Å². The van der Waals surface area contributed by atoms with E-state index in [-0.39, 0.29) is 19.1 Å². The van der Waals surface area contributed by atoms with E-state index < -0.39 is 0 Å². The van der Waals surface area contributed by atoms with E-state index in [4.69, 9.17) is 5.11 Å². The Morgan fingerprint density at radius 3 is 2.53 bits per heavy atom. The van der Waals surface area contributed by atoms with Crippen molar-refractivity contribution in [3.05, 3.63) is 41.5 Å². The van der Waals surface area contributed by atoms with Crippen molar-refractivity contribution < 1.29 is 9.90 Å². The molecule has 0 aliphatic carbocycles. The number of amides is 1. The molecule has 0 saturated carbocycles. The number of aryl methyl sites for hydroxylation is 2. The van der Waals surface area contributed by atoms with Crippen molar-refractivity contribution in [2.24, 2.45) is 0 Å². The van der Waals surface area contributed by atoms with E-state index >= 15 is 0 Å². The molecule has 2 aromatic rings. The average molecular weight is 260 g/mol. The van der Waals surface area contributed by atoms with E-state index in [0.29, 0.717) is 11.4 Å². The lowest BCUT2D eigenvalue weighted by Crippen LogP contribution is -2.26. The SMILES string of the molecule is Cc1nc(C)n(-c2ccc(C(=O)NCCO)cc2)n1. The predicted molar refractivity (Wildman–Crippen MR) is 70.3 cm³/mol. The van der Waals surface area contributed by atoms with Gasteiger partial charge in [0.1, 0.15) is 11.6 Å². The van der Waals surface area contributed by atoms with Crippen LogP contribution in [0, 0.1) is 13.8 Å². The molecule has 0 radical (unpaired) electrons. The summed E-state index contributed by atoms with van der Waals surface area (Å²) < 4.78 is 1.73. The van der Waals surface area contributed by atoms with Crippen molar-refractivity contribution in [3.63, 3.8) is 0 Å². The molecule has 0 fully saturated rings. The van der Waals surface area contributed by atoms with Gasteiger partial charge in [0.15, 0.2) is 0 Å². The normalized spacial score (nSPS) is 10.5. The Hall–Kier alpha value is -2.21. The first-order valence-electron chi connectivity index (χ1n) is 6.01. The first-order chi connectivity index (χ1) is 9.11. The van der Waals surface area contributed by atoms with Crippen molar-refractivity contribution in [2.75, 3.05) is 13.2 Å². The van der Waals surface area contributed by atoms with E-state index in [2.05, 4.69) is 15.4 Å². The molecule has 0 atom stereocenters. The number of aliphatic hydroxyl groups excluding tert-OH is 1. The van der Waals surface area contributed by atoms with Gasteiger partial charge in [-0.25, -0.2) is 9.67 Å². The maximum Gasteiger partial charge on any atom is 0.251 e. The molecule has 0 aliphatic heterocycles. The number of rotatable bonds is 4. The van der Waals surface area contributed by atoms with Crippen LogP contribution < -0.4 is 5.32 Å². The summed E-state index contributed by atoms with van der Waals surface area (Å²) in [6.45, 7) is 3.89. The quantitative estimate of drug-likeness (QED) is 0.844. The van der Waals surface area contributed by atoms with Crippen molar-refractivity contribution in [1.82, 2.24) is 20.1 Å². The fourth-order valence-corrected chi connectivity index (χ4v) is 1.79. The number of carbonyl (C=O) groups excluding carboxylic acids is 1. The van der Waals surface area contributed by atoms with Gasteiger partial charge in [-0.1, -0.05) is 0 Å². The number of aromatic nitrogens is 3. The zero-order valence-corrected chi connectivity index (χ0v) is 10.9. The molecule has 2 N–H and O–H groups in total. The van der Waals surface area contributed by atoms with Gasteiger partial charge in [-0.3, -0.25) is 4.79 Å². The maximum atomic E-state index is 11.7. The van der Waals surface area contributed by atoms with Gasteiger partial charge in [-0.05, 0) is 38.1 Å². The van der Waals surface area contributed by atoms with Gasteiger partial charge in [0.05, 0.1) is 12.3 Å². The van der Waals surface area contributed by atoms with Crippen LogP contribution >= 0.6 is 0 Å². The Bertz CT molecular complexity index is 575. The molecule has 1 heterocycles. The lowest BCUT2D eigenvalue weighted by Gasteiger charge is -2.06. The highest BCUT2D eigenvalue weighted by atomic mass is 16.3. The molecule has 1 amide bonds. The van der Waals surface area contributed by atoms with Crippen molar-refractivity contribution in [3.8, 4) is 5.69 Å². The van der Waals surface area contributed by atoms with Crippen molar-refractivity contribution >= 4 is 5.91 Å². The second-order valence-electron chi connectivity index (χ2n) is 4.14. The fourth-order valence-electron chi connectivity index (χ4n) is 1.79. The van der Waals surface area contributed by atoms with Gasteiger partial charge in [0.25, 0.3) is 5.91 Å². The smallest absolute Gasteiger partial charge is 0.251 e. The second kappa shape index (κ2) is 5.62. The standard InChI is InChI=1S/C13H16N4O2/c1-9-15-10(2)17(16-9)12-5-3-11(4-6-12)13(19)14-7-8-18/h3-6,18H,7-8H2,1-2H3,(H,14,19). The molecule has 6 heteroatoms. The van der Waals surface area contributed by atoms with Crippen LogP contribution in [0.15, 0.2) is 24.3 Å². The largest absolute Gasteiger partial charge is 0.395 e. The first kappa shape index (κ1) is 13.2. The molecule has 0 saturated heterocycles. The molecule has 100 valence electrons. The summed E-state index contributed by atoms with van der Waals surface area (Å²) in [7, 11) is 0. The number of carbonyl (C=O) groups is 1. The maximum absolute atomic E-state index is 11.7. The summed E-state index contributed by atoms with van der Waals surface area (Å²) in [6, 6.07) is 7.07. The Kier molecular flexibility index (Phi) is 3.91. The summed E-state index contributed by atoms with van der Waals surface area (Å²) in [5.74, 6) is 1.31. The minimum absolute atomic E-state index is 0.0682. The molecule has 0 unspecified atom stereocenters. The molecule has 0 bridgehead atoms. The lowest BCUT2D eigenvalue weighted by atomic mass is 10.2. The second-order valence-corrected chi connectivity index (χ2v) is 4.14. The Morgan fingerprint density at radius 1 is 1.32 bits per heavy atom. The predicted octanol–water partition coefficient (Wildman–Crippen LogP) is 0.606. The number of nitrogens with one attached hydrogen (secondary N) is 1.